The van der Waals surface area contributed by atoms with Gasteiger partial charge in [-0.2, -0.15) is 0 Å². The molecule has 0 bridgehead atoms. The number of nitrogens with zero attached hydrogens (tertiary/aromatic N) is 2. The zero-order chi connectivity index (χ0) is 13.1. The van der Waals surface area contributed by atoms with Crippen LogP contribution in [0, 0.1) is 0 Å². The summed E-state index contributed by atoms with van der Waals surface area (Å²) in [5.41, 5.74) is 1.25. The van der Waals surface area contributed by atoms with Gasteiger partial charge < -0.3 is 22.3 Å². The molecule has 0 saturated carbocycles. The van der Waals surface area contributed by atoms with Crippen molar-refractivity contribution in [1.82, 2.24) is 14.5 Å². The number of hydrogen-bond donors (Lipinski definition) is 2. The van der Waals surface area contributed by atoms with Crippen molar-refractivity contribution < 1.29 is 17.3 Å². The van der Waals surface area contributed by atoms with Crippen LogP contribution in [0.25, 0.3) is 11.2 Å². The Morgan fingerprint density at radius 2 is 2.05 bits per heavy atom. The number of fused-ring (bicyclic) bond motifs is 1. The van der Waals surface area contributed by atoms with Gasteiger partial charge in [0.1, 0.15) is 5.15 Å². The van der Waals surface area contributed by atoms with Crippen LogP contribution in [0.3, 0.4) is 0 Å². The highest BCUT2D eigenvalue weighted by Crippen LogP contribution is 2.11. The average molecular weight is 305 g/mol. The third-order valence-electron chi connectivity index (χ3n) is 3.27. The Labute approximate surface area is 123 Å². The topological polar surface area (TPSA) is 55.1 Å². The number of rotatable bonds is 5. The molecule has 0 unspecified atom stereocenters. The van der Waals surface area contributed by atoms with Gasteiger partial charge in [-0.15, -0.1) is 0 Å². The van der Waals surface area contributed by atoms with E-state index in [0.29, 0.717) is 17.3 Å². The van der Waals surface area contributed by atoms with Crippen molar-refractivity contribution in [2.75, 3.05) is 19.6 Å². The fourth-order valence-electron chi connectivity index (χ4n) is 2.09. The molecule has 2 rings (SSSR count). The monoisotopic (exact) mass is 304 g/mol. The van der Waals surface area contributed by atoms with E-state index in [9.17, 15) is 4.79 Å². The van der Waals surface area contributed by atoms with Gasteiger partial charge in [0.25, 0.3) is 0 Å². The van der Waals surface area contributed by atoms with Crippen molar-refractivity contribution in [2.24, 2.45) is 0 Å². The first-order chi connectivity index (χ1) is 8.65. The van der Waals surface area contributed by atoms with E-state index in [1.807, 2.05) is 0 Å². The van der Waals surface area contributed by atoms with Crippen LogP contribution in [-0.4, -0.2) is 34.2 Å². The van der Waals surface area contributed by atoms with E-state index in [1.54, 1.807) is 16.7 Å². The summed E-state index contributed by atoms with van der Waals surface area (Å²) < 4.78 is 1.66. The van der Waals surface area contributed by atoms with Crippen molar-refractivity contribution in [2.45, 2.75) is 20.4 Å². The van der Waals surface area contributed by atoms with Gasteiger partial charge in [-0.1, -0.05) is 11.6 Å². The number of H-pyrrole nitrogens is 1. The normalized spacial score (nSPS) is 10.9. The molecule has 5 nitrogen and oxygen atoms in total. The van der Waals surface area contributed by atoms with Crippen molar-refractivity contribution in [3.8, 4) is 0 Å². The second-order valence-corrected chi connectivity index (χ2v) is 4.68. The van der Waals surface area contributed by atoms with E-state index >= 15 is 0 Å². The lowest BCUT2D eigenvalue weighted by atomic mass is 10.4. The van der Waals surface area contributed by atoms with E-state index in [-0.39, 0.29) is 18.1 Å². The molecule has 106 valence electrons. The van der Waals surface area contributed by atoms with Gasteiger partial charge in [-0.3, -0.25) is 4.57 Å². The number of pyridine rings is 1. The number of halogens is 2. The third-order valence-corrected chi connectivity index (χ3v) is 3.48. The van der Waals surface area contributed by atoms with E-state index in [0.717, 1.165) is 25.2 Å². The second-order valence-electron chi connectivity index (χ2n) is 4.29. The average Bonchev–Trinajstić information content (AvgIpc) is 2.66. The Morgan fingerprint density at radius 3 is 2.68 bits per heavy atom. The summed E-state index contributed by atoms with van der Waals surface area (Å²) in [5, 5.41) is 0.408. The van der Waals surface area contributed by atoms with Crippen LogP contribution in [0.5, 0.6) is 0 Å². The zero-order valence-electron chi connectivity index (χ0n) is 11.0. The van der Waals surface area contributed by atoms with Gasteiger partial charge in [0.2, 0.25) is 0 Å². The summed E-state index contributed by atoms with van der Waals surface area (Å²) in [6.45, 7) is 7.97. The first-order valence-corrected chi connectivity index (χ1v) is 6.62. The number of imidazole rings is 1. The Balaban J connectivity index is 0.00000180. The molecule has 0 spiro atoms. The first-order valence-electron chi connectivity index (χ1n) is 6.24. The summed E-state index contributed by atoms with van der Waals surface area (Å²) in [6, 6.07) is 3.46. The summed E-state index contributed by atoms with van der Waals surface area (Å²) in [6.07, 6.45) is 0. The largest absolute Gasteiger partial charge is 1.00 e. The first kappa shape index (κ1) is 16.0. The van der Waals surface area contributed by atoms with Crippen LogP contribution < -0.4 is 23.0 Å². The summed E-state index contributed by atoms with van der Waals surface area (Å²) in [4.78, 5) is 20.3. The maximum atomic E-state index is 11.9. The Hall–Kier alpha value is -1.04. The summed E-state index contributed by atoms with van der Waals surface area (Å²) >= 11 is 5.87. The lowest BCUT2D eigenvalue weighted by molar-refractivity contribution is -0.897. The van der Waals surface area contributed by atoms with E-state index in [2.05, 4.69) is 23.8 Å². The fraction of sp³-hybridized carbons (Fsp3) is 0.500. The van der Waals surface area contributed by atoms with Gasteiger partial charge in [0.05, 0.1) is 31.7 Å². The Morgan fingerprint density at radius 1 is 1.37 bits per heavy atom. The lowest BCUT2D eigenvalue weighted by Crippen LogP contribution is -3.11. The molecule has 19 heavy (non-hydrogen) atoms. The Kier molecular flexibility index (Phi) is 5.85. The number of hydrogen-bond acceptors (Lipinski definition) is 2. The second kappa shape index (κ2) is 6.93. The molecule has 0 saturated heterocycles. The minimum Gasteiger partial charge on any atom is -1.00 e. The van der Waals surface area contributed by atoms with E-state index in [1.165, 1.54) is 4.90 Å². The predicted octanol–water partition coefficient (Wildman–Crippen LogP) is -2.69. The number of likely N-dealkylation sites (N-methyl/N-ethyl adjacent to an activating group) is 1. The molecule has 0 amide bonds. The van der Waals surface area contributed by atoms with Crippen molar-refractivity contribution in [1.29, 1.82) is 0 Å². The Bertz CT molecular complexity index is 589. The van der Waals surface area contributed by atoms with Crippen molar-refractivity contribution in [3.05, 3.63) is 27.8 Å². The molecule has 2 heterocycles. The van der Waals surface area contributed by atoms with Crippen LogP contribution in [0.15, 0.2) is 16.9 Å². The lowest BCUT2D eigenvalue weighted by Gasteiger charge is -2.15. The fourth-order valence-corrected chi connectivity index (χ4v) is 2.23. The molecule has 0 aromatic carbocycles. The molecule has 2 N–H and O–H groups in total. The molecule has 0 aliphatic rings. The van der Waals surface area contributed by atoms with Gasteiger partial charge in [0, 0.05) is 0 Å². The van der Waals surface area contributed by atoms with Crippen LogP contribution in [0.4, 0.5) is 0 Å². The number of nitrogens with one attached hydrogen (secondary N) is 2. The molecule has 0 aliphatic heterocycles. The van der Waals surface area contributed by atoms with Crippen LogP contribution in [-0.2, 0) is 6.54 Å². The highest BCUT2D eigenvalue weighted by molar-refractivity contribution is 6.29. The molecular weight excluding hydrogens is 287 g/mol. The number of quaternary nitrogens is 1. The molecule has 0 atom stereocenters. The summed E-state index contributed by atoms with van der Waals surface area (Å²) in [5.74, 6) is 0. The molecule has 0 aliphatic carbocycles. The molecule has 0 radical (unpaired) electrons. The highest BCUT2D eigenvalue weighted by Gasteiger charge is 2.10. The van der Waals surface area contributed by atoms with Crippen molar-refractivity contribution in [3.63, 3.8) is 0 Å². The zero-order valence-corrected chi connectivity index (χ0v) is 12.6. The van der Waals surface area contributed by atoms with Crippen LogP contribution in [0.2, 0.25) is 5.15 Å². The van der Waals surface area contributed by atoms with Crippen LogP contribution >= 0.6 is 11.6 Å². The quantitative estimate of drug-likeness (QED) is 0.591. The smallest absolute Gasteiger partial charge is 0.327 e. The van der Waals surface area contributed by atoms with Gasteiger partial charge in [-0.25, -0.2) is 9.78 Å². The maximum absolute atomic E-state index is 11.9. The van der Waals surface area contributed by atoms with Crippen LogP contribution in [0.1, 0.15) is 13.8 Å². The predicted molar refractivity (Wildman–Crippen MR) is 72.3 cm³/mol. The van der Waals surface area contributed by atoms with Gasteiger partial charge >= 0.3 is 5.69 Å². The van der Waals surface area contributed by atoms with E-state index in [4.69, 9.17) is 11.6 Å². The van der Waals surface area contributed by atoms with Gasteiger partial charge in [0.15, 0.2) is 5.65 Å². The maximum Gasteiger partial charge on any atom is 0.327 e. The number of aromatic nitrogens is 3. The SMILES string of the molecule is CC[NH+](CC)CCn1c(=O)[nH]c2ccc(Cl)nc21.[Cl-]. The van der Waals surface area contributed by atoms with Gasteiger partial charge in [-0.05, 0) is 26.0 Å². The molecule has 0 fully saturated rings. The highest BCUT2D eigenvalue weighted by atomic mass is 35.5. The minimum absolute atomic E-state index is 0. The molecule has 7 heteroatoms. The number of aromatic amines is 1. The molecular formula is C12H18Cl2N4O. The minimum atomic E-state index is -0.119. The molecule has 2 aromatic heterocycles. The molecule has 2 aromatic rings. The summed E-state index contributed by atoms with van der Waals surface area (Å²) in [7, 11) is 0. The standard InChI is InChI=1S/C12H17ClN4O.ClH/c1-3-16(4-2)7-8-17-11-9(14-12(17)18)5-6-10(13)15-11;/h5-6H,3-4,7-8H2,1-2H3,(H,14,18);1H. The van der Waals surface area contributed by atoms with Crippen molar-refractivity contribution >= 4 is 22.8 Å². The van der Waals surface area contributed by atoms with E-state index < -0.39 is 0 Å². The third kappa shape index (κ3) is 3.49.